The first-order valence-corrected chi connectivity index (χ1v) is 7.39. The Morgan fingerprint density at radius 2 is 2.10 bits per heavy atom. The van der Waals surface area contributed by atoms with Crippen LogP contribution >= 0.6 is 0 Å². The third kappa shape index (κ3) is 3.85. The molecule has 2 atom stereocenters. The largest absolute Gasteiger partial charge is 0.481 e. The lowest BCUT2D eigenvalue weighted by Gasteiger charge is -2.30. The minimum atomic E-state index is -0.857. The second-order valence-corrected chi connectivity index (χ2v) is 6.07. The number of nitrogens with one attached hydrogen (secondary N) is 2. The molecule has 2 amide bonds. The maximum absolute atomic E-state index is 12.1. The molecule has 0 aromatic carbocycles. The quantitative estimate of drug-likeness (QED) is 0.714. The van der Waals surface area contributed by atoms with Gasteiger partial charge in [0.15, 0.2) is 0 Å². The number of carbonyl (C=O) groups is 2. The van der Waals surface area contributed by atoms with Gasteiger partial charge in [-0.3, -0.25) is 4.79 Å². The normalized spacial score (nSPS) is 26.1. The van der Waals surface area contributed by atoms with Crippen LogP contribution in [0.2, 0.25) is 0 Å². The molecule has 1 saturated carbocycles. The molecule has 1 saturated heterocycles. The van der Waals surface area contributed by atoms with Gasteiger partial charge in [-0.2, -0.15) is 0 Å². The first-order valence-electron chi connectivity index (χ1n) is 7.39. The number of carboxylic acid groups (broad SMARTS) is 1. The van der Waals surface area contributed by atoms with Crippen LogP contribution in [0.5, 0.6) is 0 Å². The predicted molar refractivity (Wildman–Crippen MR) is 73.5 cm³/mol. The van der Waals surface area contributed by atoms with E-state index >= 15 is 0 Å². The van der Waals surface area contributed by atoms with E-state index in [0.29, 0.717) is 12.5 Å². The van der Waals surface area contributed by atoms with E-state index < -0.39 is 11.5 Å². The van der Waals surface area contributed by atoms with E-state index in [9.17, 15) is 9.59 Å². The van der Waals surface area contributed by atoms with Gasteiger partial charge in [-0.15, -0.1) is 0 Å². The van der Waals surface area contributed by atoms with Crippen LogP contribution in [0.3, 0.4) is 0 Å². The number of urea groups is 1. The van der Waals surface area contributed by atoms with Crippen molar-refractivity contribution in [1.29, 1.82) is 0 Å². The molecular weight excluding hydrogens is 260 g/mol. The monoisotopic (exact) mass is 284 g/mol. The molecule has 0 aromatic rings. The van der Waals surface area contributed by atoms with E-state index in [0.717, 1.165) is 38.7 Å². The van der Waals surface area contributed by atoms with Crippen LogP contribution in [0.25, 0.3) is 0 Å². The highest BCUT2D eigenvalue weighted by atomic mass is 16.5. The molecule has 2 fully saturated rings. The van der Waals surface area contributed by atoms with Gasteiger partial charge in [-0.25, -0.2) is 4.79 Å². The zero-order valence-electron chi connectivity index (χ0n) is 12.0. The smallest absolute Gasteiger partial charge is 0.315 e. The number of ether oxygens (including phenoxy) is 1. The molecule has 1 aliphatic heterocycles. The summed E-state index contributed by atoms with van der Waals surface area (Å²) >= 11 is 0. The summed E-state index contributed by atoms with van der Waals surface area (Å²) in [4.78, 5) is 23.1. The van der Waals surface area contributed by atoms with Gasteiger partial charge in [0.05, 0.1) is 18.6 Å². The average Bonchev–Trinajstić information content (AvgIpc) is 2.98. The molecule has 3 N–H and O–H groups in total. The summed E-state index contributed by atoms with van der Waals surface area (Å²) in [5, 5.41) is 14.8. The molecule has 2 unspecified atom stereocenters. The van der Waals surface area contributed by atoms with Crippen LogP contribution in [0.15, 0.2) is 0 Å². The zero-order valence-corrected chi connectivity index (χ0v) is 12.0. The fraction of sp³-hybridized carbons (Fsp3) is 0.857. The van der Waals surface area contributed by atoms with Gasteiger partial charge in [0.1, 0.15) is 0 Å². The Labute approximate surface area is 119 Å². The minimum Gasteiger partial charge on any atom is -0.481 e. The maximum atomic E-state index is 12.1. The second-order valence-electron chi connectivity index (χ2n) is 6.07. The Balaban J connectivity index is 1.86. The highest BCUT2D eigenvalue weighted by Crippen LogP contribution is 2.32. The van der Waals surface area contributed by atoms with Crippen molar-refractivity contribution in [3.63, 3.8) is 0 Å². The summed E-state index contributed by atoms with van der Waals surface area (Å²) in [6.07, 6.45) is 4.39. The standard InChI is InChI=1S/C14H24N2O4/c1-10(11-4-7-20-9-11)15-13(19)16-14(8-12(17)18)5-2-3-6-14/h10-11H,2-9H2,1H3,(H,17,18)(H2,15,16,19). The average molecular weight is 284 g/mol. The van der Waals surface area contributed by atoms with Crippen LogP contribution in [0, 0.1) is 5.92 Å². The maximum Gasteiger partial charge on any atom is 0.315 e. The Kier molecular flexibility index (Phi) is 4.86. The first-order chi connectivity index (χ1) is 9.51. The van der Waals surface area contributed by atoms with Gasteiger partial charge < -0.3 is 20.5 Å². The molecule has 0 spiro atoms. The summed E-state index contributed by atoms with van der Waals surface area (Å²) < 4.78 is 5.32. The summed E-state index contributed by atoms with van der Waals surface area (Å²) in [6, 6.07) is -0.215. The van der Waals surface area contributed by atoms with Gasteiger partial charge >= 0.3 is 12.0 Å². The van der Waals surface area contributed by atoms with Gasteiger partial charge in [-0.05, 0) is 26.2 Å². The number of aliphatic carboxylic acids is 1. The number of carboxylic acids is 1. The van der Waals surface area contributed by atoms with E-state index in [2.05, 4.69) is 10.6 Å². The van der Waals surface area contributed by atoms with E-state index in [4.69, 9.17) is 9.84 Å². The van der Waals surface area contributed by atoms with Crippen molar-refractivity contribution in [1.82, 2.24) is 10.6 Å². The van der Waals surface area contributed by atoms with Crippen molar-refractivity contribution in [2.24, 2.45) is 5.92 Å². The third-order valence-electron chi connectivity index (χ3n) is 4.46. The first kappa shape index (κ1) is 15.1. The van der Waals surface area contributed by atoms with Crippen molar-refractivity contribution in [3.05, 3.63) is 0 Å². The van der Waals surface area contributed by atoms with Gasteiger partial charge in [0.2, 0.25) is 0 Å². The van der Waals surface area contributed by atoms with Crippen LogP contribution in [-0.4, -0.2) is 41.9 Å². The van der Waals surface area contributed by atoms with Crippen molar-refractivity contribution >= 4 is 12.0 Å². The number of amides is 2. The predicted octanol–water partition coefficient (Wildman–Crippen LogP) is 1.50. The van der Waals surface area contributed by atoms with Gasteiger partial charge in [0, 0.05) is 18.6 Å². The van der Waals surface area contributed by atoms with Crippen LogP contribution in [-0.2, 0) is 9.53 Å². The fourth-order valence-electron chi connectivity index (χ4n) is 3.24. The molecule has 0 radical (unpaired) electrons. The fourth-order valence-corrected chi connectivity index (χ4v) is 3.24. The van der Waals surface area contributed by atoms with E-state index in [1.54, 1.807) is 0 Å². The van der Waals surface area contributed by atoms with Crippen LogP contribution < -0.4 is 10.6 Å². The number of hydrogen-bond donors (Lipinski definition) is 3. The highest BCUT2D eigenvalue weighted by Gasteiger charge is 2.38. The van der Waals surface area contributed by atoms with E-state index in [1.807, 2.05) is 6.92 Å². The number of rotatable bonds is 5. The Bertz CT molecular complexity index is 360. The lowest BCUT2D eigenvalue weighted by atomic mass is 9.93. The summed E-state index contributed by atoms with van der Waals surface area (Å²) in [5.74, 6) is -0.510. The molecule has 6 nitrogen and oxygen atoms in total. The molecule has 0 bridgehead atoms. The van der Waals surface area contributed by atoms with Gasteiger partial charge in [0.25, 0.3) is 0 Å². The minimum absolute atomic E-state index is 0.00133. The summed E-state index contributed by atoms with van der Waals surface area (Å²) in [6.45, 7) is 3.40. The third-order valence-corrected chi connectivity index (χ3v) is 4.46. The van der Waals surface area contributed by atoms with E-state index in [1.165, 1.54) is 0 Å². The van der Waals surface area contributed by atoms with Crippen molar-refractivity contribution in [3.8, 4) is 0 Å². The number of carbonyl (C=O) groups excluding carboxylic acids is 1. The SMILES string of the molecule is CC(NC(=O)NC1(CC(=O)O)CCCC1)C1CCOC1. The molecule has 114 valence electrons. The van der Waals surface area contributed by atoms with Crippen LogP contribution in [0.1, 0.15) is 45.4 Å². The highest BCUT2D eigenvalue weighted by molar-refractivity contribution is 5.77. The molecule has 2 rings (SSSR count). The Hall–Kier alpha value is -1.30. The summed E-state index contributed by atoms with van der Waals surface area (Å²) in [7, 11) is 0. The van der Waals surface area contributed by atoms with Crippen LogP contribution in [0.4, 0.5) is 4.79 Å². The van der Waals surface area contributed by atoms with Gasteiger partial charge in [-0.1, -0.05) is 12.8 Å². The molecular formula is C14H24N2O4. The van der Waals surface area contributed by atoms with Crippen molar-refractivity contribution in [2.75, 3.05) is 13.2 Å². The summed E-state index contributed by atoms with van der Waals surface area (Å²) in [5.41, 5.74) is -0.568. The van der Waals surface area contributed by atoms with Crippen molar-refractivity contribution in [2.45, 2.75) is 57.0 Å². The molecule has 1 heterocycles. The lowest BCUT2D eigenvalue weighted by Crippen LogP contribution is -2.54. The molecule has 2 aliphatic rings. The second kappa shape index (κ2) is 6.43. The Morgan fingerprint density at radius 1 is 1.40 bits per heavy atom. The zero-order chi connectivity index (χ0) is 14.6. The molecule has 6 heteroatoms. The molecule has 20 heavy (non-hydrogen) atoms. The number of hydrogen-bond acceptors (Lipinski definition) is 3. The molecule has 0 aromatic heterocycles. The lowest BCUT2D eigenvalue weighted by molar-refractivity contribution is -0.138. The Morgan fingerprint density at radius 3 is 2.65 bits per heavy atom. The molecule has 1 aliphatic carbocycles. The van der Waals surface area contributed by atoms with Crippen molar-refractivity contribution < 1.29 is 19.4 Å². The van der Waals surface area contributed by atoms with E-state index in [-0.39, 0.29) is 18.5 Å². The topological polar surface area (TPSA) is 87.7 Å².